The molecule has 0 aliphatic carbocycles. The first-order chi connectivity index (χ1) is 10.2. The number of nitrogens with zero attached hydrogens (tertiary/aromatic N) is 3. The molecule has 0 spiro atoms. The molecule has 0 unspecified atom stereocenters. The van der Waals surface area contributed by atoms with E-state index in [-0.39, 0.29) is 0 Å². The maximum absolute atomic E-state index is 4.74. The Kier molecular flexibility index (Phi) is 3.40. The summed E-state index contributed by atoms with van der Waals surface area (Å²) in [6.07, 6.45) is 1.76. The summed E-state index contributed by atoms with van der Waals surface area (Å²) in [5.41, 5.74) is 5.68. The van der Waals surface area contributed by atoms with E-state index in [1.165, 1.54) is 0 Å². The average molecular weight is 275 g/mol. The minimum Gasteiger partial charge on any atom is -0.378 e. The van der Waals surface area contributed by atoms with Crippen molar-refractivity contribution in [3.05, 3.63) is 60.8 Å². The Balaban J connectivity index is 2.16. The molecule has 3 heteroatoms. The smallest absolute Gasteiger partial charge is 0.0966 e. The summed E-state index contributed by atoms with van der Waals surface area (Å²) in [6, 6.07) is 16.2. The van der Waals surface area contributed by atoms with Crippen LogP contribution in [0.25, 0.3) is 28.4 Å². The van der Waals surface area contributed by atoms with Crippen molar-refractivity contribution in [2.75, 3.05) is 19.0 Å². The normalized spacial score (nSPS) is 10.6. The van der Waals surface area contributed by atoms with Crippen LogP contribution in [0.2, 0.25) is 0 Å². The number of fused-ring (bicyclic) bond motifs is 1. The van der Waals surface area contributed by atoms with Crippen LogP contribution in [0, 0.1) is 0 Å². The number of hydrogen-bond donors (Lipinski definition) is 0. The van der Waals surface area contributed by atoms with Gasteiger partial charge in [0.15, 0.2) is 0 Å². The van der Waals surface area contributed by atoms with Crippen LogP contribution in [0.1, 0.15) is 5.69 Å². The van der Waals surface area contributed by atoms with Gasteiger partial charge in [0.1, 0.15) is 0 Å². The molecule has 0 bridgehead atoms. The van der Waals surface area contributed by atoms with Crippen molar-refractivity contribution in [1.29, 1.82) is 0 Å². The Labute approximate surface area is 124 Å². The van der Waals surface area contributed by atoms with Gasteiger partial charge in [-0.05, 0) is 30.3 Å². The molecule has 1 aromatic heterocycles. The Morgan fingerprint density at radius 1 is 0.905 bits per heavy atom. The fraction of sp³-hybridized carbons (Fsp3) is 0.111. The monoisotopic (exact) mass is 275 g/mol. The molecule has 0 amide bonds. The molecule has 3 rings (SSSR count). The van der Waals surface area contributed by atoms with Crippen LogP contribution < -0.4 is 4.90 Å². The first-order valence-corrected chi connectivity index (χ1v) is 6.86. The maximum atomic E-state index is 4.74. The molecule has 104 valence electrons. The lowest BCUT2D eigenvalue weighted by molar-refractivity contribution is 1.13. The lowest BCUT2D eigenvalue weighted by Gasteiger charge is -2.13. The molecule has 0 N–H and O–H groups in total. The van der Waals surface area contributed by atoms with Crippen molar-refractivity contribution in [3.63, 3.8) is 0 Å². The molecule has 1 heterocycles. The fourth-order valence-electron chi connectivity index (χ4n) is 2.29. The van der Waals surface area contributed by atoms with Gasteiger partial charge >= 0.3 is 0 Å². The van der Waals surface area contributed by atoms with E-state index in [0.29, 0.717) is 0 Å². The van der Waals surface area contributed by atoms with Gasteiger partial charge in [-0.25, -0.2) is 9.97 Å². The first-order valence-electron chi connectivity index (χ1n) is 6.86. The molecule has 0 radical (unpaired) electrons. The highest BCUT2D eigenvalue weighted by atomic mass is 15.1. The fourth-order valence-corrected chi connectivity index (χ4v) is 2.29. The standard InChI is InChI=1S/C18H17N3/c1-4-15-18(13-9-11-14(12-10-13)21(2)3)20-17-8-6-5-7-16(17)19-15/h4-12H,1H2,2-3H3. The first kappa shape index (κ1) is 13.3. The molecule has 0 fully saturated rings. The highest BCUT2D eigenvalue weighted by Gasteiger charge is 2.08. The average Bonchev–Trinajstić information content (AvgIpc) is 2.53. The number of anilines is 1. The van der Waals surface area contributed by atoms with Gasteiger partial charge in [-0.15, -0.1) is 0 Å². The lowest BCUT2D eigenvalue weighted by Crippen LogP contribution is -2.08. The van der Waals surface area contributed by atoms with Crippen molar-refractivity contribution in [3.8, 4) is 11.3 Å². The second-order valence-electron chi connectivity index (χ2n) is 5.09. The Morgan fingerprint density at radius 2 is 1.52 bits per heavy atom. The van der Waals surface area contributed by atoms with Crippen molar-refractivity contribution in [2.24, 2.45) is 0 Å². The highest BCUT2D eigenvalue weighted by Crippen LogP contribution is 2.25. The lowest BCUT2D eigenvalue weighted by atomic mass is 10.1. The topological polar surface area (TPSA) is 29.0 Å². The number of hydrogen-bond acceptors (Lipinski definition) is 3. The molecule has 3 aromatic rings. The Morgan fingerprint density at radius 3 is 2.10 bits per heavy atom. The van der Waals surface area contributed by atoms with Crippen LogP contribution in [-0.4, -0.2) is 24.1 Å². The van der Waals surface area contributed by atoms with Gasteiger partial charge < -0.3 is 4.90 Å². The molecule has 0 aliphatic rings. The van der Waals surface area contributed by atoms with E-state index in [2.05, 4.69) is 40.7 Å². The second-order valence-corrected chi connectivity index (χ2v) is 5.09. The van der Waals surface area contributed by atoms with E-state index in [1.807, 2.05) is 38.4 Å². The molecule has 21 heavy (non-hydrogen) atoms. The van der Waals surface area contributed by atoms with Crippen molar-refractivity contribution >= 4 is 22.8 Å². The van der Waals surface area contributed by atoms with Gasteiger partial charge in [-0.3, -0.25) is 0 Å². The summed E-state index contributed by atoms with van der Waals surface area (Å²) >= 11 is 0. The van der Waals surface area contributed by atoms with Crippen molar-refractivity contribution in [2.45, 2.75) is 0 Å². The second kappa shape index (κ2) is 5.37. The number of benzene rings is 2. The van der Waals surface area contributed by atoms with Crippen LogP contribution in [-0.2, 0) is 0 Å². The van der Waals surface area contributed by atoms with Gasteiger partial charge in [0.2, 0.25) is 0 Å². The summed E-state index contributed by atoms with van der Waals surface area (Å²) < 4.78 is 0. The predicted molar refractivity (Wildman–Crippen MR) is 89.4 cm³/mol. The van der Waals surface area contributed by atoms with Gasteiger partial charge in [0.05, 0.1) is 22.4 Å². The van der Waals surface area contributed by atoms with Gasteiger partial charge in [0.25, 0.3) is 0 Å². The van der Waals surface area contributed by atoms with Crippen LogP contribution >= 0.6 is 0 Å². The zero-order valence-corrected chi connectivity index (χ0v) is 12.2. The van der Waals surface area contributed by atoms with E-state index >= 15 is 0 Å². The van der Waals surface area contributed by atoms with Crippen LogP contribution in [0.15, 0.2) is 55.1 Å². The number of para-hydroxylation sites is 2. The van der Waals surface area contributed by atoms with Crippen molar-refractivity contribution < 1.29 is 0 Å². The number of aromatic nitrogens is 2. The minimum absolute atomic E-state index is 0.811. The molecule has 0 saturated carbocycles. The molecular formula is C18H17N3. The molecule has 2 aromatic carbocycles. The molecule has 0 atom stereocenters. The predicted octanol–water partition coefficient (Wildman–Crippen LogP) is 4.01. The summed E-state index contributed by atoms with van der Waals surface area (Å²) in [4.78, 5) is 11.5. The van der Waals surface area contributed by atoms with Gasteiger partial charge in [-0.2, -0.15) is 0 Å². The van der Waals surface area contributed by atoms with Gasteiger partial charge in [0, 0.05) is 25.3 Å². The minimum atomic E-state index is 0.811. The zero-order chi connectivity index (χ0) is 14.8. The number of rotatable bonds is 3. The van der Waals surface area contributed by atoms with E-state index in [0.717, 1.165) is 33.7 Å². The Hall–Kier alpha value is -2.68. The third kappa shape index (κ3) is 2.50. The summed E-state index contributed by atoms with van der Waals surface area (Å²) in [5, 5.41) is 0. The van der Waals surface area contributed by atoms with E-state index in [1.54, 1.807) is 6.08 Å². The summed E-state index contributed by atoms with van der Waals surface area (Å²) in [5.74, 6) is 0. The summed E-state index contributed by atoms with van der Waals surface area (Å²) in [7, 11) is 4.06. The van der Waals surface area contributed by atoms with Crippen LogP contribution in [0.5, 0.6) is 0 Å². The SMILES string of the molecule is C=Cc1nc2ccccc2nc1-c1ccc(N(C)C)cc1. The van der Waals surface area contributed by atoms with Gasteiger partial charge in [-0.1, -0.05) is 30.8 Å². The van der Waals surface area contributed by atoms with E-state index in [9.17, 15) is 0 Å². The molecular weight excluding hydrogens is 258 g/mol. The quantitative estimate of drug-likeness (QED) is 0.723. The molecule has 0 aliphatic heterocycles. The van der Waals surface area contributed by atoms with E-state index in [4.69, 9.17) is 4.98 Å². The van der Waals surface area contributed by atoms with Crippen LogP contribution in [0.4, 0.5) is 5.69 Å². The van der Waals surface area contributed by atoms with Crippen molar-refractivity contribution in [1.82, 2.24) is 9.97 Å². The third-order valence-corrected chi connectivity index (χ3v) is 3.45. The molecule has 0 saturated heterocycles. The maximum Gasteiger partial charge on any atom is 0.0966 e. The largest absolute Gasteiger partial charge is 0.378 e. The Bertz CT molecular complexity index is 789. The van der Waals surface area contributed by atoms with Crippen LogP contribution in [0.3, 0.4) is 0 Å². The zero-order valence-electron chi connectivity index (χ0n) is 12.2. The van der Waals surface area contributed by atoms with E-state index < -0.39 is 0 Å². The highest BCUT2D eigenvalue weighted by molar-refractivity contribution is 5.81. The summed E-state index contributed by atoms with van der Waals surface area (Å²) in [6.45, 7) is 3.86. The molecule has 3 nitrogen and oxygen atoms in total. The third-order valence-electron chi connectivity index (χ3n) is 3.45.